The smallest absolute Gasteiger partial charge is 0.254 e. The zero-order valence-electron chi connectivity index (χ0n) is 14.8. The summed E-state index contributed by atoms with van der Waals surface area (Å²) >= 11 is 0. The predicted octanol–water partition coefficient (Wildman–Crippen LogP) is 2.20. The molecule has 132 valence electrons. The fourth-order valence-corrected chi connectivity index (χ4v) is 2.82. The van der Waals surface area contributed by atoms with E-state index in [0.717, 1.165) is 12.8 Å². The molecule has 0 aromatic heterocycles. The van der Waals surface area contributed by atoms with Crippen LogP contribution in [-0.2, 0) is 4.79 Å². The summed E-state index contributed by atoms with van der Waals surface area (Å²) in [5, 5.41) is 12.9. The first-order valence-corrected chi connectivity index (χ1v) is 8.62. The van der Waals surface area contributed by atoms with Crippen molar-refractivity contribution >= 4 is 11.8 Å². The highest BCUT2D eigenvalue weighted by atomic mass is 16.3. The average Bonchev–Trinajstić information content (AvgIpc) is 2.58. The van der Waals surface area contributed by atoms with E-state index in [1.165, 1.54) is 0 Å². The molecular weight excluding hydrogens is 304 g/mol. The van der Waals surface area contributed by atoms with E-state index >= 15 is 0 Å². The highest BCUT2D eigenvalue weighted by molar-refractivity contribution is 5.97. The van der Waals surface area contributed by atoms with Gasteiger partial charge in [0.1, 0.15) is 6.04 Å². The van der Waals surface area contributed by atoms with Crippen molar-refractivity contribution in [3.63, 3.8) is 0 Å². The van der Waals surface area contributed by atoms with Crippen LogP contribution in [0.25, 0.3) is 0 Å². The number of aliphatic hydroxyl groups is 1. The summed E-state index contributed by atoms with van der Waals surface area (Å²) in [6.45, 7) is 6.57. The lowest BCUT2D eigenvalue weighted by atomic mass is 9.89. The molecule has 0 bridgehead atoms. The highest BCUT2D eigenvalue weighted by Crippen LogP contribution is 2.21. The first-order chi connectivity index (χ1) is 11.3. The second-order valence-electron chi connectivity index (χ2n) is 7.50. The summed E-state index contributed by atoms with van der Waals surface area (Å²) in [6.07, 6.45) is 1.88. The average molecular weight is 332 g/mol. The fourth-order valence-electron chi connectivity index (χ4n) is 2.82. The normalized spacial score (nSPS) is 19.7. The first kappa shape index (κ1) is 18.5. The van der Waals surface area contributed by atoms with Gasteiger partial charge in [0.15, 0.2) is 0 Å². The van der Waals surface area contributed by atoms with E-state index in [4.69, 9.17) is 0 Å². The van der Waals surface area contributed by atoms with E-state index in [1.54, 1.807) is 17.0 Å². The topological polar surface area (TPSA) is 69.6 Å². The van der Waals surface area contributed by atoms with Crippen molar-refractivity contribution in [3.05, 3.63) is 35.9 Å². The van der Waals surface area contributed by atoms with Gasteiger partial charge in [-0.05, 0) is 36.8 Å². The van der Waals surface area contributed by atoms with E-state index in [2.05, 4.69) is 5.32 Å². The molecule has 5 nitrogen and oxygen atoms in total. The van der Waals surface area contributed by atoms with Gasteiger partial charge < -0.3 is 15.3 Å². The standard InChI is InChI=1S/C19H28N2O3/c1-19(2,3)16(22)13-20-17(23)15-11-7-8-12-21(15)18(24)14-9-5-4-6-10-14/h4-6,9-10,15-16,22H,7-8,11-13H2,1-3H3,(H,20,23). The molecule has 1 heterocycles. The number of benzene rings is 1. The molecule has 5 heteroatoms. The van der Waals surface area contributed by atoms with Crippen molar-refractivity contribution in [3.8, 4) is 0 Å². The van der Waals surface area contributed by atoms with Gasteiger partial charge in [-0.2, -0.15) is 0 Å². The Labute approximate surface area is 144 Å². The molecule has 1 aliphatic rings. The quantitative estimate of drug-likeness (QED) is 0.888. The Morgan fingerprint density at radius 2 is 1.92 bits per heavy atom. The number of amides is 2. The number of nitrogens with one attached hydrogen (secondary N) is 1. The molecule has 24 heavy (non-hydrogen) atoms. The Bertz CT molecular complexity index is 566. The fraction of sp³-hybridized carbons (Fsp3) is 0.579. The van der Waals surface area contributed by atoms with Crippen molar-refractivity contribution in [2.75, 3.05) is 13.1 Å². The Balaban J connectivity index is 2.03. The van der Waals surface area contributed by atoms with Crippen molar-refractivity contribution < 1.29 is 14.7 Å². The lowest BCUT2D eigenvalue weighted by Gasteiger charge is -2.35. The maximum atomic E-state index is 12.7. The summed E-state index contributed by atoms with van der Waals surface area (Å²) in [6, 6.07) is 8.60. The van der Waals surface area contributed by atoms with Crippen LogP contribution in [0.5, 0.6) is 0 Å². The van der Waals surface area contributed by atoms with E-state index in [-0.39, 0.29) is 23.8 Å². The van der Waals surface area contributed by atoms with E-state index in [1.807, 2.05) is 39.0 Å². The Morgan fingerprint density at radius 1 is 1.25 bits per heavy atom. The van der Waals surface area contributed by atoms with E-state index in [0.29, 0.717) is 18.5 Å². The van der Waals surface area contributed by atoms with Crippen molar-refractivity contribution in [2.45, 2.75) is 52.2 Å². The summed E-state index contributed by atoms with van der Waals surface area (Å²) in [5.74, 6) is -0.283. The third-order valence-electron chi connectivity index (χ3n) is 4.56. The maximum absolute atomic E-state index is 12.7. The number of piperidine rings is 1. The molecule has 0 aliphatic carbocycles. The summed E-state index contributed by atoms with van der Waals surface area (Å²) in [7, 11) is 0. The zero-order valence-corrected chi connectivity index (χ0v) is 14.8. The Kier molecular flexibility index (Phi) is 5.99. The molecule has 0 radical (unpaired) electrons. The molecule has 0 saturated carbocycles. The minimum absolute atomic E-state index is 0.105. The van der Waals surface area contributed by atoms with Crippen molar-refractivity contribution in [1.82, 2.24) is 10.2 Å². The lowest BCUT2D eigenvalue weighted by Crippen LogP contribution is -2.53. The Morgan fingerprint density at radius 3 is 2.54 bits per heavy atom. The van der Waals surface area contributed by atoms with Gasteiger partial charge in [-0.1, -0.05) is 39.0 Å². The number of rotatable bonds is 4. The second kappa shape index (κ2) is 7.79. The lowest BCUT2D eigenvalue weighted by molar-refractivity contribution is -0.127. The molecule has 0 spiro atoms. The zero-order chi connectivity index (χ0) is 17.7. The number of hydrogen-bond donors (Lipinski definition) is 2. The van der Waals surface area contributed by atoms with E-state index < -0.39 is 12.1 Å². The van der Waals surface area contributed by atoms with Gasteiger partial charge >= 0.3 is 0 Å². The predicted molar refractivity (Wildman–Crippen MR) is 93.6 cm³/mol. The molecule has 2 rings (SSSR count). The molecule has 2 unspecified atom stereocenters. The van der Waals surface area contributed by atoms with Crippen LogP contribution in [0.2, 0.25) is 0 Å². The van der Waals surface area contributed by atoms with Gasteiger partial charge in [0.2, 0.25) is 5.91 Å². The molecular formula is C19H28N2O3. The molecule has 1 aliphatic heterocycles. The molecule has 1 saturated heterocycles. The number of carbonyl (C=O) groups excluding carboxylic acids is 2. The van der Waals surface area contributed by atoms with Crippen LogP contribution < -0.4 is 5.32 Å². The van der Waals surface area contributed by atoms with Crippen LogP contribution in [0.15, 0.2) is 30.3 Å². The van der Waals surface area contributed by atoms with Crippen molar-refractivity contribution in [2.24, 2.45) is 5.41 Å². The maximum Gasteiger partial charge on any atom is 0.254 e. The molecule has 2 atom stereocenters. The summed E-state index contributed by atoms with van der Waals surface area (Å²) in [4.78, 5) is 26.9. The van der Waals surface area contributed by atoms with Crippen LogP contribution in [-0.4, -0.2) is 47.1 Å². The SMILES string of the molecule is CC(C)(C)C(O)CNC(=O)C1CCCCN1C(=O)c1ccccc1. The van der Waals surface area contributed by atoms with Crippen molar-refractivity contribution in [1.29, 1.82) is 0 Å². The van der Waals surface area contributed by atoms with Gasteiger partial charge in [0.25, 0.3) is 5.91 Å². The van der Waals surface area contributed by atoms with Crippen LogP contribution >= 0.6 is 0 Å². The second-order valence-corrected chi connectivity index (χ2v) is 7.50. The largest absolute Gasteiger partial charge is 0.391 e. The monoisotopic (exact) mass is 332 g/mol. The van der Waals surface area contributed by atoms with Gasteiger partial charge in [0, 0.05) is 18.7 Å². The first-order valence-electron chi connectivity index (χ1n) is 8.62. The van der Waals surface area contributed by atoms with E-state index in [9.17, 15) is 14.7 Å². The minimum atomic E-state index is -0.622. The van der Waals surface area contributed by atoms with Crippen LogP contribution in [0, 0.1) is 5.41 Å². The van der Waals surface area contributed by atoms with Crippen LogP contribution in [0.1, 0.15) is 50.4 Å². The summed E-state index contributed by atoms with van der Waals surface area (Å²) < 4.78 is 0. The molecule has 1 aromatic rings. The number of aliphatic hydroxyl groups excluding tert-OH is 1. The van der Waals surface area contributed by atoms with Gasteiger partial charge in [0.05, 0.1) is 6.10 Å². The molecule has 2 N–H and O–H groups in total. The summed E-state index contributed by atoms with van der Waals surface area (Å²) in [5.41, 5.74) is 0.311. The van der Waals surface area contributed by atoms with Crippen LogP contribution in [0.3, 0.4) is 0 Å². The Hall–Kier alpha value is -1.88. The highest BCUT2D eigenvalue weighted by Gasteiger charge is 2.33. The van der Waals surface area contributed by atoms with Gasteiger partial charge in [-0.15, -0.1) is 0 Å². The number of hydrogen-bond acceptors (Lipinski definition) is 3. The molecule has 1 fully saturated rings. The molecule has 2 amide bonds. The number of likely N-dealkylation sites (tertiary alicyclic amines) is 1. The number of nitrogens with zero attached hydrogens (tertiary/aromatic N) is 1. The number of carbonyl (C=O) groups is 2. The van der Waals surface area contributed by atoms with Gasteiger partial charge in [-0.25, -0.2) is 0 Å². The molecule has 1 aromatic carbocycles. The third kappa shape index (κ3) is 4.57. The minimum Gasteiger partial charge on any atom is -0.391 e. The van der Waals surface area contributed by atoms with Crippen LogP contribution in [0.4, 0.5) is 0 Å². The third-order valence-corrected chi connectivity index (χ3v) is 4.56. The van der Waals surface area contributed by atoms with Gasteiger partial charge in [-0.3, -0.25) is 9.59 Å².